The third-order valence-corrected chi connectivity index (χ3v) is 6.79. The predicted octanol–water partition coefficient (Wildman–Crippen LogP) is 3.42. The minimum Gasteiger partial charge on any atom is -0.475 e. The standard InChI is InChI=1S/C15H25NO3S/c17-20(18)14-9-5-4-8-13(14)19-15(16-20)11-10-12-6-2-1-3-7-12/h12-14H,1-11H2. The molecular formula is C15H25NO3S. The Bertz CT molecular complexity index is 466. The molecule has 4 nitrogen and oxygen atoms in total. The Morgan fingerprint density at radius 1 is 1.00 bits per heavy atom. The molecule has 0 radical (unpaired) electrons. The van der Waals surface area contributed by atoms with Crippen molar-refractivity contribution in [2.24, 2.45) is 10.3 Å². The summed E-state index contributed by atoms with van der Waals surface area (Å²) < 4.78 is 34.3. The molecule has 2 unspecified atom stereocenters. The third kappa shape index (κ3) is 3.18. The lowest BCUT2D eigenvalue weighted by atomic mass is 9.86. The normalized spacial score (nSPS) is 33.9. The Balaban J connectivity index is 1.62. The second-order valence-electron chi connectivity index (χ2n) is 6.52. The Morgan fingerprint density at radius 3 is 2.50 bits per heavy atom. The fourth-order valence-corrected chi connectivity index (χ4v) is 5.45. The van der Waals surface area contributed by atoms with E-state index in [0.717, 1.165) is 31.6 Å². The summed E-state index contributed by atoms with van der Waals surface area (Å²) in [5.41, 5.74) is 0. The van der Waals surface area contributed by atoms with Crippen molar-refractivity contribution in [1.82, 2.24) is 0 Å². The van der Waals surface area contributed by atoms with Crippen LogP contribution in [0.15, 0.2) is 4.40 Å². The number of rotatable bonds is 3. The van der Waals surface area contributed by atoms with Crippen LogP contribution < -0.4 is 0 Å². The highest BCUT2D eigenvalue weighted by atomic mass is 32.2. The van der Waals surface area contributed by atoms with Gasteiger partial charge in [-0.2, -0.15) is 0 Å². The molecule has 0 amide bonds. The van der Waals surface area contributed by atoms with Gasteiger partial charge in [0.15, 0.2) is 5.90 Å². The summed E-state index contributed by atoms with van der Waals surface area (Å²) in [7, 11) is -3.32. The lowest BCUT2D eigenvalue weighted by molar-refractivity contribution is 0.135. The summed E-state index contributed by atoms with van der Waals surface area (Å²) in [5, 5.41) is -0.380. The second kappa shape index (κ2) is 6.04. The largest absolute Gasteiger partial charge is 0.475 e. The molecule has 1 aliphatic heterocycles. The first-order valence-corrected chi connectivity index (χ1v) is 9.65. The van der Waals surface area contributed by atoms with E-state index in [9.17, 15) is 8.42 Å². The lowest BCUT2D eigenvalue weighted by Crippen LogP contribution is -2.43. The van der Waals surface area contributed by atoms with Gasteiger partial charge in [-0.15, -0.1) is 4.40 Å². The van der Waals surface area contributed by atoms with Gasteiger partial charge in [0.1, 0.15) is 11.4 Å². The highest BCUT2D eigenvalue weighted by Gasteiger charge is 2.41. The second-order valence-corrected chi connectivity index (χ2v) is 8.34. The van der Waals surface area contributed by atoms with Crippen LogP contribution in [0, 0.1) is 5.92 Å². The number of nitrogens with zero attached hydrogens (tertiary/aromatic N) is 1. The van der Waals surface area contributed by atoms with Crippen LogP contribution >= 0.6 is 0 Å². The molecule has 2 atom stereocenters. The van der Waals surface area contributed by atoms with Crippen LogP contribution in [0.1, 0.15) is 70.6 Å². The zero-order valence-electron chi connectivity index (χ0n) is 12.1. The van der Waals surface area contributed by atoms with E-state index in [1.54, 1.807) is 0 Å². The fraction of sp³-hybridized carbons (Fsp3) is 0.933. The smallest absolute Gasteiger partial charge is 0.262 e. The van der Waals surface area contributed by atoms with E-state index < -0.39 is 10.0 Å². The summed E-state index contributed by atoms with van der Waals surface area (Å²) in [6.07, 6.45) is 11.8. The van der Waals surface area contributed by atoms with Crippen LogP contribution in [0.5, 0.6) is 0 Å². The Hall–Kier alpha value is -0.580. The molecule has 1 heterocycles. The number of sulfonamides is 1. The summed E-state index contributed by atoms with van der Waals surface area (Å²) in [6.45, 7) is 0. The fourth-order valence-electron chi connectivity index (χ4n) is 3.85. The Labute approximate surface area is 122 Å². The van der Waals surface area contributed by atoms with Gasteiger partial charge in [0.2, 0.25) is 0 Å². The maximum Gasteiger partial charge on any atom is 0.262 e. The van der Waals surface area contributed by atoms with Crippen molar-refractivity contribution >= 4 is 15.9 Å². The van der Waals surface area contributed by atoms with Crippen molar-refractivity contribution in [2.75, 3.05) is 0 Å². The van der Waals surface area contributed by atoms with Crippen molar-refractivity contribution in [3.05, 3.63) is 0 Å². The Kier molecular flexibility index (Phi) is 4.34. The van der Waals surface area contributed by atoms with E-state index in [0.29, 0.717) is 18.7 Å². The molecule has 3 aliphatic rings. The predicted molar refractivity (Wildman–Crippen MR) is 79.3 cm³/mol. The molecule has 20 heavy (non-hydrogen) atoms. The molecule has 0 saturated heterocycles. The van der Waals surface area contributed by atoms with Crippen molar-refractivity contribution in [1.29, 1.82) is 0 Å². The molecule has 0 spiro atoms. The average Bonchev–Trinajstić information content (AvgIpc) is 2.46. The van der Waals surface area contributed by atoms with Crippen molar-refractivity contribution in [3.8, 4) is 0 Å². The van der Waals surface area contributed by atoms with E-state index in [2.05, 4.69) is 4.40 Å². The first-order chi connectivity index (χ1) is 9.65. The van der Waals surface area contributed by atoms with Crippen LogP contribution in [0.25, 0.3) is 0 Å². The lowest BCUT2D eigenvalue weighted by Gasteiger charge is -2.34. The molecule has 0 aromatic rings. The van der Waals surface area contributed by atoms with Crippen LogP contribution in [0.4, 0.5) is 0 Å². The molecule has 3 rings (SSSR count). The van der Waals surface area contributed by atoms with Gasteiger partial charge >= 0.3 is 0 Å². The zero-order valence-corrected chi connectivity index (χ0v) is 12.9. The summed E-state index contributed by atoms with van der Waals surface area (Å²) in [5.74, 6) is 1.22. The van der Waals surface area contributed by atoms with E-state index in [-0.39, 0.29) is 11.4 Å². The highest BCUT2D eigenvalue weighted by molar-refractivity contribution is 7.91. The van der Waals surface area contributed by atoms with Crippen molar-refractivity contribution in [2.45, 2.75) is 82.0 Å². The molecular weight excluding hydrogens is 274 g/mol. The van der Waals surface area contributed by atoms with Gasteiger partial charge in [0.25, 0.3) is 10.0 Å². The van der Waals surface area contributed by atoms with Gasteiger partial charge in [-0.25, -0.2) is 8.42 Å². The quantitative estimate of drug-likeness (QED) is 0.802. The SMILES string of the molecule is O=S1(=O)N=C(CCC2CCCCC2)OC2CCCCC21. The van der Waals surface area contributed by atoms with E-state index in [4.69, 9.17) is 4.74 Å². The minimum absolute atomic E-state index is 0.132. The van der Waals surface area contributed by atoms with Crippen LogP contribution in [0.3, 0.4) is 0 Å². The summed E-state index contributed by atoms with van der Waals surface area (Å²) in [6, 6.07) is 0. The van der Waals surface area contributed by atoms with Gasteiger partial charge in [-0.1, -0.05) is 38.5 Å². The molecule has 0 bridgehead atoms. The molecule has 2 fully saturated rings. The van der Waals surface area contributed by atoms with Gasteiger partial charge in [-0.05, 0) is 31.6 Å². The molecule has 2 saturated carbocycles. The molecule has 0 aromatic heterocycles. The number of fused-ring (bicyclic) bond motifs is 1. The number of hydrogen-bond acceptors (Lipinski definition) is 3. The maximum absolute atomic E-state index is 12.2. The Morgan fingerprint density at radius 2 is 1.70 bits per heavy atom. The van der Waals surface area contributed by atoms with Crippen molar-refractivity contribution in [3.63, 3.8) is 0 Å². The first-order valence-electron chi connectivity index (χ1n) is 8.14. The van der Waals surface area contributed by atoms with Crippen LogP contribution in [-0.2, 0) is 14.8 Å². The topological polar surface area (TPSA) is 55.7 Å². The highest BCUT2D eigenvalue weighted by Crippen LogP contribution is 2.33. The van der Waals surface area contributed by atoms with E-state index >= 15 is 0 Å². The van der Waals surface area contributed by atoms with Gasteiger partial charge < -0.3 is 4.74 Å². The van der Waals surface area contributed by atoms with E-state index in [1.807, 2.05) is 0 Å². The molecule has 5 heteroatoms. The maximum atomic E-state index is 12.2. The van der Waals surface area contributed by atoms with Crippen molar-refractivity contribution < 1.29 is 13.2 Å². The van der Waals surface area contributed by atoms with Gasteiger partial charge in [0, 0.05) is 6.42 Å². The van der Waals surface area contributed by atoms with Gasteiger partial charge in [-0.3, -0.25) is 0 Å². The van der Waals surface area contributed by atoms with Gasteiger partial charge in [0.05, 0.1) is 0 Å². The minimum atomic E-state index is -3.32. The summed E-state index contributed by atoms with van der Waals surface area (Å²) >= 11 is 0. The van der Waals surface area contributed by atoms with Crippen LogP contribution in [-0.4, -0.2) is 25.7 Å². The number of hydrogen-bond donors (Lipinski definition) is 0. The number of ether oxygens (including phenoxy) is 1. The first kappa shape index (κ1) is 14.4. The third-order valence-electron chi connectivity index (χ3n) is 5.03. The monoisotopic (exact) mass is 299 g/mol. The molecule has 0 N–H and O–H groups in total. The molecule has 2 aliphatic carbocycles. The molecule has 114 valence electrons. The summed E-state index contributed by atoms with van der Waals surface area (Å²) in [4.78, 5) is 0. The molecule has 0 aromatic carbocycles. The van der Waals surface area contributed by atoms with Crippen LogP contribution in [0.2, 0.25) is 0 Å². The van der Waals surface area contributed by atoms with E-state index in [1.165, 1.54) is 32.1 Å². The zero-order chi connectivity index (χ0) is 14.0. The average molecular weight is 299 g/mol.